The number of carbonyl (C=O) groups excluding carboxylic acids is 1. The molecule has 0 aliphatic carbocycles. The zero-order valence-electron chi connectivity index (χ0n) is 10.2. The van der Waals surface area contributed by atoms with Gasteiger partial charge in [0.15, 0.2) is 5.75 Å². The summed E-state index contributed by atoms with van der Waals surface area (Å²) in [7, 11) is 0.289. The molecular formula is C14H21OS+. The lowest BCUT2D eigenvalue weighted by atomic mass is 10.2. The van der Waals surface area contributed by atoms with Gasteiger partial charge in [0, 0.05) is 5.56 Å². The van der Waals surface area contributed by atoms with Crippen molar-refractivity contribution < 1.29 is 4.79 Å². The van der Waals surface area contributed by atoms with Crippen LogP contribution in [0.5, 0.6) is 0 Å². The Morgan fingerprint density at radius 3 is 2.44 bits per heavy atom. The summed E-state index contributed by atoms with van der Waals surface area (Å²) in [5.74, 6) is 3.40. The SMILES string of the molecule is CCCC[S+](CC)CC(=O)c1ccccc1. The van der Waals surface area contributed by atoms with Gasteiger partial charge in [0.1, 0.15) is 11.5 Å². The second kappa shape index (κ2) is 7.50. The van der Waals surface area contributed by atoms with Crippen molar-refractivity contribution in [2.45, 2.75) is 26.7 Å². The van der Waals surface area contributed by atoms with Crippen molar-refractivity contribution in [2.75, 3.05) is 17.3 Å². The zero-order valence-corrected chi connectivity index (χ0v) is 11.1. The number of ketones is 1. The maximum absolute atomic E-state index is 12.0. The van der Waals surface area contributed by atoms with E-state index in [1.165, 1.54) is 18.6 Å². The Balaban J connectivity index is 2.49. The summed E-state index contributed by atoms with van der Waals surface area (Å²) in [6, 6.07) is 9.65. The fraction of sp³-hybridized carbons (Fsp3) is 0.500. The predicted molar refractivity (Wildman–Crippen MR) is 73.3 cm³/mol. The molecule has 1 rings (SSSR count). The van der Waals surface area contributed by atoms with Crippen molar-refractivity contribution in [3.63, 3.8) is 0 Å². The lowest BCUT2D eigenvalue weighted by Gasteiger charge is -2.05. The van der Waals surface area contributed by atoms with Crippen LogP contribution in [0, 0.1) is 0 Å². The number of unbranched alkanes of at least 4 members (excludes halogenated alkanes) is 1. The molecule has 1 aromatic carbocycles. The summed E-state index contributed by atoms with van der Waals surface area (Å²) >= 11 is 0. The number of hydrogen-bond acceptors (Lipinski definition) is 1. The van der Waals surface area contributed by atoms with Gasteiger partial charge in [0.25, 0.3) is 0 Å². The number of hydrogen-bond donors (Lipinski definition) is 0. The molecule has 0 spiro atoms. The van der Waals surface area contributed by atoms with Crippen molar-refractivity contribution >= 4 is 16.7 Å². The molecule has 1 unspecified atom stereocenters. The maximum Gasteiger partial charge on any atom is 0.211 e. The second-order valence-corrected chi connectivity index (χ2v) is 6.39. The van der Waals surface area contributed by atoms with Crippen LogP contribution in [-0.4, -0.2) is 23.0 Å². The van der Waals surface area contributed by atoms with E-state index >= 15 is 0 Å². The summed E-state index contributed by atoms with van der Waals surface area (Å²) in [6.07, 6.45) is 2.47. The fourth-order valence-electron chi connectivity index (χ4n) is 1.56. The third-order valence-electron chi connectivity index (χ3n) is 2.63. The van der Waals surface area contributed by atoms with Crippen LogP contribution in [0.4, 0.5) is 0 Å². The first-order chi connectivity index (χ1) is 7.77. The van der Waals surface area contributed by atoms with E-state index in [4.69, 9.17) is 0 Å². The van der Waals surface area contributed by atoms with Crippen LogP contribution < -0.4 is 0 Å². The summed E-state index contributed by atoms with van der Waals surface area (Å²) < 4.78 is 0. The van der Waals surface area contributed by atoms with E-state index < -0.39 is 0 Å². The van der Waals surface area contributed by atoms with Gasteiger partial charge in [-0.2, -0.15) is 0 Å². The van der Waals surface area contributed by atoms with Crippen LogP contribution in [0.2, 0.25) is 0 Å². The highest BCUT2D eigenvalue weighted by Crippen LogP contribution is 2.07. The van der Waals surface area contributed by atoms with Crippen LogP contribution in [0.3, 0.4) is 0 Å². The average molecular weight is 237 g/mol. The molecule has 0 aliphatic rings. The van der Waals surface area contributed by atoms with E-state index in [2.05, 4.69) is 13.8 Å². The Morgan fingerprint density at radius 2 is 1.88 bits per heavy atom. The molecule has 0 amide bonds. The van der Waals surface area contributed by atoms with Gasteiger partial charge in [-0.25, -0.2) is 0 Å². The van der Waals surface area contributed by atoms with Crippen LogP contribution in [0.25, 0.3) is 0 Å². The molecule has 2 heteroatoms. The van der Waals surface area contributed by atoms with Crippen molar-refractivity contribution in [1.29, 1.82) is 0 Å². The molecule has 1 aromatic rings. The molecule has 16 heavy (non-hydrogen) atoms. The summed E-state index contributed by atoms with van der Waals surface area (Å²) in [5, 5.41) is 0. The smallest absolute Gasteiger partial charge is 0.211 e. The number of carbonyl (C=O) groups is 1. The van der Waals surface area contributed by atoms with E-state index in [1.807, 2.05) is 30.3 Å². The van der Waals surface area contributed by atoms with E-state index in [-0.39, 0.29) is 10.9 Å². The molecule has 1 nitrogen and oxygen atoms in total. The van der Waals surface area contributed by atoms with E-state index in [0.29, 0.717) is 5.78 Å². The van der Waals surface area contributed by atoms with Crippen LogP contribution in [-0.2, 0) is 10.9 Å². The van der Waals surface area contributed by atoms with Crippen molar-refractivity contribution in [3.05, 3.63) is 35.9 Å². The molecule has 0 bridgehead atoms. The summed E-state index contributed by atoms with van der Waals surface area (Å²) in [4.78, 5) is 12.0. The van der Waals surface area contributed by atoms with Crippen molar-refractivity contribution in [1.82, 2.24) is 0 Å². The number of rotatable bonds is 7. The molecule has 0 aliphatic heterocycles. The highest BCUT2D eigenvalue weighted by molar-refractivity contribution is 7.97. The number of Topliss-reactive ketones (excluding diaryl/α,β-unsaturated/α-hetero) is 1. The lowest BCUT2D eigenvalue weighted by Crippen LogP contribution is -2.21. The predicted octanol–water partition coefficient (Wildman–Crippen LogP) is 3.31. The quantitative estimate of drug-likeness (QED) is 0.525. The molecule has 0 aromatic heterocycles. The average Bonchev–Trinajstić information content (AvgIpc) is 2.35. The Bertz CT molecular complexity index is 308. The van der Waals surface area contributed by atoms with Gasteiger partial charge in [-0.15, -0.1) is 0 Å². The number of benzene rings is 1. The first-order valence-corrected chi connectivity index (χ1v) is 7.73. The zero-order chi connectivity index (χ0) is 11.8. The van der Waals surface area contributed by atoms with Crippen molar-refractivity contribution in [2.24, 2.45) is 0 Å². The van der Waals surface area contributed by atoms with Gasteiger partial charge in [0.2, 0.25) is 5.78 Å². The van der Waals surface area contributed by atoms with Gasteiger partial charge < -0.3 is 0 Å². The highest BCUT2D eigenvalue weighted by Gasteiger charge is 2.20. The molecule has 0 fully saturated rings. The second-order valence-electron chi connectivity index (χ2n) is 3.89. The minimum absolute atomic E-state index is 0.289. The van der Waals surface area contributed by atoms with Gasteiger partial charge >= 0.3 is 0 Å². The standard InChI is InChI=1S/C14H21OS/c1-3-5-11-16(4-2)12-14(15)13-9-7-6-8-10-13/h6-10H,3-5,11-12H2,1-2H3/q+1. The van der Waals surface area contributed by atoms with E-state index in [9.17, 15) is 4.79 Å². The van der Waals surface area contributed by atoms with Crippen LogP contribution in [0.1, 0.15) is 37.0 Å². The van der Waals surface area contributed by atoms with Crippen LogP contribution in [0.15, 0.2) is 30.3 Å². The molecule has 1 atom stereocenters. The molecular weight excluding hydrogens is 216 g/mol. The van der Waals surface area contributed by atoms with E-state index in [1.54, 1.807) is 0 Å². The Labute approximate surface area is 102 Å². The topological polar surface area (TPSA) is 17.1 Å². The molecule has 0 saturated carbocycles. The first kappa shape index (κ1) is 13.3. The van der Waals surface area contributed by atoms with Crippen molar-refractivity contribution in [3.8, 4) is 0 Å². The lowest BCUT2D eigenvalue weighted by molar-refractivity contribution is 0.102. The molecule has 88 valence electrons. The third kappa shape index (κ3) is 4.40. The monoisotopic (exact) mass is 237 g/mol. The van der Waals surface area contributed by atoms with Crippen LogP contribution >= 0.6 is 0 Å². The molecule has 0 saturated heterocycles. The molecule has 0 N–H and O–H groups in total. The van der Waals surface area contributed by atoms with Gasteiger partial charge in [-0.3, -0.25) is 4.79 Å². The molecule has 0 radical (unpaired) electrons. The minimum Gasteiger partial charge on any atom is -0.289 e. The summed E-state index contributed by atoms with van der Waals surface area (Å²) in [5.41, 5.74) is 0.866. The van der Waals surface area contributed by atoms with Gasteiger partial charge in [-0.05, 0) is 24.2 Å². The highest BCUT2D eigenvalue weighted by atomic mass is 32.2. The Kier molecular flexibility index (Phi) is 6.24. The largest absolute Gasteiger partial charge is 0.289 e. The van der Waals surface area contributed by atoms with Gasteiger partial charge in [-0.1, -0.05) is 43.7 Å². The first-order valence-electron chi connectivity index (χ1n) is 6.00. The minimum atomic E-state index is 0.289. The Morgan fingerprint density at radius 1 is 1.19 bits per heavy atom. The maximum atomic E-state index is 12.0. The molecule has 0 heterocycles. The normalized spacial score (nSPS) is 12.4. The summed E-state index contributed by atoms with van der Waals surface area (Å²) in [6.45, 7) is 4.40. The third-order valence-corrected chi connectivity index (χ3v) is 4.98. The van der Waals surface area contributed by atoms with E-state index in [0.717, 1.165) is 17.1 Å². The van der Waals surface area contributed by atoms with Gasteiger partial charge in [0.05, 0.1) is 0 Å². The Hall–Kier alpha value is -0.760. The fourth-order valence-corrected chi connectivity index (χ4v) is 3.43.